The van der Waals surface area contributed by atoms with Crippen LogP contribution < -0.4 is 9.99 Å². The summed E-state index contributed by atoms with van der Waals surface area (Å²) in [5.41, 5.74) is 3.81. The van der Waals surface area contributed by atoms with Gasteiger partial charge in [0.25, 0.3) is 5.56 Å². The highest BCUT2D eigenvalue weighted by molar-refractivity contribution is 6.74. The maximum Gasteiger partial charge on any atom is 0.278 e. The van der Waals surface area contributed by atoms with Gasteiger partial charge in [-0.25, -0.2) is 4.98 Å². The van der Waals surface area contributed by atoms with E-state index in [1.165, 1.54) is 0 Å². The molecule has 5 rings (SSSR count). The molecule has 0 unspecified atom stereocenters. The van der Waals surface area contributed by atoms with Crippen LogP contribution in [0.25, 0.3) is 17.1 Å². The lowest BCUT2D eigenvalue weighted by molar-refractivity contribution is 0.492. The summed E-state index contributed by atoms with van der Waals surface area (Å²) >= 11 is 6.58. The molecule has 0 saturated carbocycles. The van der Waals surface area contributed by atoms with Gasteiger partial charge in [0, 0.05) is 23.2 Å². The van der Waals surface area contributed by atoms with Gasteiger partial charge < -0.3 is 13.8 Å². The third kappa shape index (κ3) is 5.35. The zero-order valence-electron chi connectivity index (χ0n) is 22.3. The van der Waals surface area contributed by atoms with Crippen LogP contribution in [0, 0.1) is 0 Å². The number of nitrogens with zero attached hydrogens (tertiary/aromatic N) is 2. The second-order valence-electron chi connectivity index (χ2n) is 11.2. The van der Waals surface area contributed by atoms with Crippen LogP contribution in [0.5, 0.6) is 5.75 Å². The van der Waals surface area contributed by atoms with Crippen LogP contribution in [-0.2, 0) is 12.8 Å². The van der Waals surface area contributed by atoms with E-state index in [1.54, 1.807) is 17.0 Å². The molecule has 2 aromatic carbocycles. The fourth-order valence-electron chi connectivity index (χ4n) is 4.17. The number of fused-ring (bicyclic) bond motifs is 1. The van der Waals surface area contributed by atoms with Gasteiger partial charge >= 0.3 is 0 Å². The van der Waals surface area contributed by atoms with Crippen molar-refractivity contribution < 1.29 is 8.84 Å². The monoisotopic (exact) mass is 545 g/mol. The summed E-state index contributed by atoms with van der Waals surface area (Å²) in [6, 6.07) is 19.5. The van der Waals surface area contributed by atoms with E-state index in [2.05, 4.69) is 51.0 Å². The Labute approximate surface area is 228 Å². The van der Waals surface area contributed by atoms with Crippen LogP contribution in [-0.4, -0.2) is 22.9 Å². The van der Waals surface area contributed by atoms with Gasteiger partial charge in [-0.15, -0.1) is 0 Å². The molecular formula is C30H32ClN3O3Si. The largest absolute Gasteiger partial charge is 0.543 e. The van der Waals surface area contributed by atoms with Crippen molar-refractivity contribution in [1.29, 1.82) is 0 Å². The summed E-state index contributed by atoms with van der Waals surface area (Å²) in [6.07, 6.45) is 4.31. The minimum Gasteiger partial charge on any atom is -0.543 e. The van der Waals surface area contributed by atoms with Crippen molar-refractivity contribution in [3.8, 4) is 22.8 Å². The predicted molar refractivity (Wildman–Crippen MR) is 154 cm³/mol. The first-order valence-electron chi connectivity index (χ1n) is 12.7. The number of furan rings is 1. The molecule has 196 valence electrons. The lowest BCUT2D eigenvalue weighted by Gasteiger charge is -2.36. The maximum atomic E-state index is 13.5. The van der Waals surface area contributed by atoms with Crippen LogP contribution in [0.15, 0.2) is 82.3 Å². The summed E-state index contributed by atoms with van der Waals surface area (Å²) < 4.78 is 13.7. The highest BCUT2D eigenvalue weighted by Gasteiger charge is 2.39. The number of aromatic nitrogens is 3. The van der Waals surface area contributed by atoms with E-state index in [0.29, 0.717) is 35.1 Å². The van der Waals surface area contributed by atoms with E-state index in [4.69, 9.17) is 25.4 Å². The molecule has 38 heavy (non-hydrogen) atoms. The Morgan fingerprint density at radius 2 is 1.82 bits per heavy atom. The summed E-state index contributed by atoms with van der Waals surface area (Å²) in [6.45, 7) is 11.0. The molecule has 2 aliphatic rings. The number of nitrogens with one attached hydrogen (secondary N) is 1. The molecule has 6 nitrogen and oxygen atoms in total. The Morgan fingerprint density at radius 3 is 2.50 bits per heavy atom. The Bertz CT molecular complexity index is 1580. The molecule has 3 aromatic rings. The van der Waals surface area contributed by atoms with Crippen LogP contribution >= 0.6 is 11.6 Å². The van der Waals surface area contributed by atoms with E-state index >= 15 is 0 Å². The highest BCUT2D eigenvalue weighted by atomic mass is 35.5. The topological polar surface area (TPSA) is 73.1 Å². The third-order valence-electron chi connectivity index (χ3n) is 7.26. The fourth-order valence-corrected chi connectivity index (χ4v) is 5.40. The van der Waals surface area contributed by atoms with Crippen LogP contribution in [0.1, 0.15) is 43.5 Å². The summed E-state index contributed by atoms with van der Waals surface area (Å²) in [4.78, 5) is 21.8. The number of benzene rings is 2. The molecule has 0 saturated heterocycles. The molecule has 0 fully saturated rings. The number of hydrogen-bond donors (Lipinski definition) is 1. The van der Waals surface area contributed by atoms with E-state index in [-0.39, 0.29) is 10.6 Å². The Balaban J connectivity index is 1.63. The first-order chi connectivity index (χ1) is 18.0. The number of H-pyrrole nitrogens is 1. The van der Waals surface area contributed by atoms with Crippen molar-refractivity contribution >= 4 is 19.9 Å². The molecule has 3 heterocycles. The molecule has 8 heteroatoms. The van der Waals surface area contributed by atoms with Gasteiger partial charge in [-0.05, 0) is 54.0 Å². The first-order valence-corrected chi connectivity index (χ1v) is 16.0. The van der Waals surface area contributed by atoms with Crippen molar-refractivity contribution in [3.63, 3.8) is 0 Å². The average Bonchev–Trinajstić information content (AvgIpc) is 3.47. The minimum atomic E-state index is -2.08. The number of aromatic amines is 1. The van der Waals surface area contributed by atoms with Crippen LogP contribution in [0.3, 0.4) is 0 Å². The molecule has 1 aromatic heterocycles. The van der Waals surface area contributed by atoms with E-state index in [9.17, 15) is 4.79 Å². The zero-order valence-corrected chi connectivity index (χ0v) is 24.1. The van der Waals surface area contributed by atoms with Crippen LogP contribution in [0.2, 0.25) is 23.2 Å². The normalized spacial score (nSPS) is 12.3. The summed E-state index contributed by atoms with van der Waals surface area (Å²) in [5.74, 6) is 2.02. The van der Waals surface area contributed by atoms with Gasteiger partial charge in [-0.3, -0.25) is 9.36 Å². The summed E-state index contributed by atoms with van der Waals surface area (Å²) in [7, 11) is -2.08. The standard InChI is InChI=1S/C30H32ClN3O3Si/c1-30(2,3)38(4,5)37-24-16-21(15-22(31)17-24)27-19-34-28(25(32-27)14-20-10-7-6-8-11-20)33-26(29(34)35)18-23-12-9-13-36-23/h6-13,15-17,19,32H,14,18H2,1-5H3. The van der Waals surface area contributed by atoms with Gasteiger partial charge in [-0.2, -0.15) is 0 Å². The Morgan fingerprint density at radius 1 is 1.05 bits per heavy atom. The quantitative estimate of drug-likeness (QED) is 0.215. The Hall–Kier alpha value is -3.55. The predicted octanol–water partition coefficient (Wildman–Crippen LogP) is 7.48. The highest BCUT2D eigenvalue weighted by Crippen LogP contribution is 2.39. The van der Waals surface area contributed by atoms with Gasteiger partial charge in [0.05, 0.1) is 24.1 Å². The smallest absolute Gasteiger partial charge is 0.278 e. The number of rotatable bonds is 7. The van der Waals surface area contributed by atoms with Gasteiger partial charge in [0.15, 0.2) is 5.82 Å². The molecule has 0 bridgehead atoms. The van der Waals surface area contributed by atoms with Gasteiger partial charge in [0.1, 0.15) is 17.2 Å². The second-order valence-corrected chi connectivity index (χ2v) is 16.3. The molecule has 0 atom stereocenters. The van der Waals surface area contributed by atoms with Crippen molar-refractivity contribution in [3.05, 3.63) is 111 Å². The molecule has 0 aliphatic carbocycles. The molecule has 0 radical (unpaired) electrons. The van der Waals surface area contributed by atoms with E-state index in [1.807, 2.05) is 48.5 Å². The third-order valence-corrected chi connectivity index (χ3v) is 11.8. The van der Waals surface area contributed by atoms with Crippen molar-refractivity contribution in [2.75, 3.05) is 0 Å². The lowest BCUT2D eigenvalue weighted by atomic mass is 10.1. The zero-order chi connectivity index (χ0) is 27.1. The van der Waals surface area contributed by atoms with E-state index in [0.717, 1.165) is 28.3 Å². The fraction of sp³-hybridized carbons (Fsp3) is 0.267. The average molecular weight is 546 g/mol. The Kier molecular flexibility index (Phi) is 6.84. The minimum absolute atomic E-state index is 0.0437. The molecular weight excluding hydrogens is 514 g/mol. The van der Waals surface area contributed by atoms with Crippen molar-refractivity contribution in [1.82, 2.24) is 14.5 Å². The molecule has 0 spiro atoms. The second kappa shape index (κ2) is 9.96. The molecule has 0 amide bonds. The van der Waals surface area contributed by atoms with E-state index < -0.39 is 8.32 Å². The van der Waals surface area contributed by atoms with Gasteiger partial charge in [0.2, 0.25) is 8.32 Å². The number of hydrogen-bond acceptors (Lipinski definition) is 4. The number of halogens is 1. The lowest BCUT2D eigenvalue weighted by Crippen LogP contribution is -2.43. The van der Waals surface area contributed by atoms with Crippen LogP contribution in [0.4, 0.5) is 0 Å². The molecule has 1 N–H and O–H groups in total. The summed E-state index contributed by atoms with van der Waals surface area (Å²) in [5, 5.41) is 0.614. The molecule has 2 aliphatic heterocycles. The maximum absolute atomic E-state index is 13.5. The SMILES string of the molecule is CC(C)(C)[Si](C)(C)Oc1cc(Cl)cc(-c2cn3c(=O)c(Cc4ccco4)nc-3c(Cc3ccccc3)[nH]2)c1. The first kappa shape index (κ1) is 26.1. The van der Waals surface area contributed by atoms with Crippen molar-refractivity contribution in [2.24, 2.45) is 0 Å². The van der Waals surface area contributed by atoms with Crippen molar-refractivity contribution in [2.45, 2.75) is 51.7 Å². The van der Waals surface area contributed by atoms with Gasteiger partial charge in [-0.1, -0.05) is 62.7 Å². The number of imidazole rings is 1.